The first-order valence-corrected chi connectivity index (χ1v) is 11.1. The maximum absolute atomic E-state index is 13.0. The van der Waals surface area contributed by atoms with Crippen LogP contribution in [0.25, 0.3) is 0 Å². The average Bonchev–Trinajstić information content (AvgIpc) is 2.70. The summed E-state index contributed by atoms with van der Waals surface area (Å²) >= 11 is 0. The van der Waals surface area contributed by atoms with Gasteiger partial charge in [0.2, 0.25) is 11.8 Å². The molecular formula is C22H38N2O5. The zero-order chi connectivity index (χ0) is 21.2. The molecule has 7 heteroatoms. The van der Waals surface area contributed by atoms with Gasteiger partial charge < -0.3 is 24.8 Å². The topological polar surface area (TPSA) is 88.1 Å². The maximum Gasteiger partial charge on any atom is 0.246 e. The number of morpholine rings is 1. The first kappa shape index (κ1) is 22.5. The fourth-order valence-electron chi connectivity index (χ4n) is 6.13. The molecule has 2 N–H and O–H groups in total. The van der Waals surface area contributed by atoms with Crippen LogP contribution in [0.1, 0.15) is 46.5 Å². The number of methoxy groups -OCH3 is 1. The summed E-state index contributed by atoms with van der Waals surface area (Å²) in [6.07, 6.45) is 3.26. The summed E-state index contributed by atoms with van der Waals surface area (Å²) in [7, 11) is 1.52. The molecule has 2 amide bonds. The molecule has 1 heterocycles. The van der Waals surface area contributed by atoms with Gasteiger partial charge >= 0.3 is 0 Å². The molecular weight excluding hydrogens is 372 g/mol. The predicted molar refractivity (Wildman–Crippen MR) is 109 cm³/mol. The Labute approximate surface area is 174 Å². The molecule has 3 aliphatic rings. The molecule has 1 unspecified atom stereocenters. The average molecular weight is 411 g/mol. The number of aliphatic hydroxyl groups excluding tert-OH is 1. The van der Waals surface area contributed by atoms with Crippen molar-refractivity contribution in [2.75, 3.05) is 40.0 Å². The van der Waals surface area contributed by atoms with Crippen molar-refractivity contribution in [2.24, 2.45) is 29.1 Å². The normalized spacial score (nSPS) is 38.8. The Bertz CT molecular complexity index is 594. The minimum absolute atomic E-state index is 0.0365. The Kier molecular flexibility index (Phi) is 7.23. The molecule has 3 rings (SSSR count). The van der Waals surface area contributed by atoms with Crippen LogP contribution in [0, 0.1) is 29.1 Å². The van der Waals surface area contributed by atoms with E-state index in [1.54, 1.807) is 0 Å². The molecule has 166 valence electrons. The fraction of sp³-hybridized carbons (Fsp3) is 0.909. The number of nitrogens with one attached hydrogen (secondary N) is 1. The number of hydrogen-bond donors (Lipinski definition) is 2. The Morgan fingerprint density at radius 3 is 2.59 bits per heavy atom. The van der Waals surface area contributed by atoms with E-state index in [0.717, 1.165) is 25.7 Å². The zero-order valence-corrected chi connectivity index (χ0v) is 18.4. The summed E-state index contributed by atoms with van der Waals surface area (Å²) in [5.41, 5.74) is 0.0551. The fourth-order valence-corrected chi connectivity index (χ4v) is 6.13. The van der Waals surface area contributed by atoms with Crippen LogP contribution in [0.15, 0.2) is 0 Å². The lowest BCUT2D eigenvalue weighted by molar-refractivity contribution is -0.154. The lowest BCUT2D eigenvalue weighted by atomic mass is 9.51. The molecule has 7 atom stereocenters. The Balaban J connectivity index is 1.71. The standard InChI is InChI=1S/C22H38N2O5/c1-14(21(27)24-9-11-29-12-10-24)16-5-7-22(3)8-6-17(23-18(25)13-28-4)15(2)19(22)20(16)26/h14-17,19-20,26H,5-13H2,1-4H3,(H,23,25)/t14-,15+,16?,17-,19+,20-,22-/m0/s1. The van der Waals surface area contributed by atoms with Gasteiger partial charge in [-0.05, 0) is 48.9 Å². The first-order chi connectivity index (χ1) is 13.8. The van der Waals surface area contributed by atoms with E-state index in [1.165, 1.54) is 7.11 Å². The van der Waals surface area contributed by atoms with Crippen LogP contribution in [-0.2, 0) is 19.1 Å². The van der Waals surface area contributed by atoms with Gasteiger partial charge in [0.05, 0.1) is 19.3 Å². The Morgan fingerprint density at radius 1 is 1.28 bits per heavy atom. The molecule has 0 aromatic heterocycles. The quantitative estimate of drug-likeness (QED) is 0.716. The molecule has 29 heavy (non-hydrogen) atoms. The number of carbonyl (C=O) groups is 2. The largest absolute Gasteiger partial charge is 0.392 e. The minimum atomic E-state index is -0.536. The van der Waals surface area contributed by atoms with E-state index in [4.69, 9.17) is 9.47 Å². The smallest absolute Gasteiger partial charge is 0.246 e. The second-order valence-corrected chi connectivity index (χ2v) is 9.60. The van der Waals surface area contributed by atoms with E-state index < -0.39 is 6.10 Å². The first-order valence-electron chi connectivity index (χ1n) is 11.1. The van der Waals surface area contributed by atoms with Crippen LogP contribution in [0.2, 0.25) is 0 Å². The van der Waals surface area contributed by atoms with Gasteiger partial charge in [-0.2, -0.15) is 0 Å². The monoisotopic (exact) mass is 410 g/mol. The predicted octanol–water partition coefficient (Wildman–Crippen LogP) is 1.44. The van der Waals surface area contributed by atoms with Gasteiger partial charge in [0.15, 0.2) is 0 Å². The molecule has 0 bridgehead atoms. The van der Waals surface area contributed by atoms with E-state index in [9.17, 15) is 14.7 Å². The summed E-state index contributed by atoms with van der Waals surface area (Å²) < 4.78 is 10.3. The molecule has 2 saturated carbocycles. The lowest BCUT2D eigenvalue weighted by Crippen LogP contribution is -2.59. The number of nitrogens with zero attached hydrogens (tertiary/aromatic N) is 1. The van der Waals surface area contributed by atoms with Crippen LogP contribution >= 0.6 is 0 Å². The summed E-state index contributed by atoms with van der Waals surface area (Å²) in [6.45, 7) is 8.89. The van der Waals surface area contributed by atoms with Gasteiger partial charge in [0, 0.05) is 32.2 Å². The van der Waals surface area contributed by atoms with Crippen molar-refractivity contribution in [3.05, 3.63) is 0 Å². The van der Waals surface area contributed by atoms with Gasteiger partial charge in [-0.25, -0.2) is 0 Å². The molecule has 0 aromatic rings. The number of ether oxygens (including phenoxy) is 2. The van der Waals surface area contributed by atoms with E-state index in [0.29, 0.717) is 26.3 Å². The van der Waals surface area contributed by atoms with E-state index in [-0.39, 0.29) is 53.5 Å². The Hall–Kier alpha value is -1.18. The second-order valence-electron chi connectivity index (χ2n) is 9.60. The van der Waals surface area contributed by atoms with E-state index in [2.05, 4.69) is 19.2 Å². The number of rotatable bonds is 5. The van der Waals surface area contributed by atoms with Gasteiger partial charge in [-0.15, -0.1) is 0 Å². The number of carbonyl (C=O) groups excluding carboxylic acids is 2. The third kappa shape index (κ3) is 4.62. The van der Waals surface area contributed by atoms with Gasteiger partial charge in [0.1, 0.15) is 6.61 Å². The van der Waals surface area contributed by atoms with Gasteiger partial charge in [-0.3, -0.25) is 9.59 Å². The highest BCUT2D eigenvalue weighted by molar-refractivity contribution is 5.79. The van der Waals surface area contributed by atoms with Crippen molar-refractivity contribution >= 4 is 11.8 Å². The van der Waals surface area contributed by atoms with Crippen LogP contribution < -0.4 is 5.32 Å². The summed E-state index contributed by atoms with van der Waals surface area (Å²) in [5, 5.41) is 14.5. The summed E-state index contributed by atoms with van der Waals surface area (Å²) in [5.74, 6) is 0.00321. The number of fused-ring (bicyclic) bond motifs is 1. The van der Waals surface area contributed by atoms with Crippen molar-refractivity contribution in [1.82, 2.24) is 10.2 Å². The highest BCUT2D eigenvalue weighted by Crippen LogP contribution is 2.55. The molecule has 7 nitrogen and oxygen atoms in total. The van der Waals surface area contributed by atoms with Gasteiger partial charge in [0.25, 0.3) is 0 Å². The highest BCUT2D eigenvalue weighted by Gasteiger charge is 2.54. The summed E-state index contributed by atoms with van der Waals surface area (Å²) in [4.78, 5) is 27.0. The van der Waals surface area contributed by atoms with Crippen LogP contribution in [-0.4, -0.2) is 74.0 Å². The van der Waals surface area contributed by atoms with Crippen LogP contribution in [0.5, 0.6) is 0 Å². The molecule has 1 aliphatic heterocycles. The van der Waals surface area contributed by atoms with E-state index in [1.807, 2.05) is 11.8 Å². The Morgan fingerprint density at radius 2 is 1.93 bits per heavy atom. The van der Waals surface area contributed by atoms with Crippen molar-refractivity contribution < 1.29 is 24.2 Å². The van der Waals surface area contributed by atoms with Crippen molar-refractivity contribution in [1.29, 1.82) is 0 Å². The van der Waals surface area contributed by atoms with Crippen LogP contribution in [0.4, 0.5) is 0 Å². The SMILES string of the molecule is COCC(=O)N[C@H]1CC[C@]2(C)CCC([C@H](C)C(=O)N3CCOCC3)[C@H](O)[C@H]2[C@@H]1C. The minimum Gasteiger partial charge on any atom is -0.392 e. The molecule has 2 aliphatic carbocycles. The maximum atomic E-state index is 13.0. The molecule has 0 spiro atoms. The van der Waals surface area contributed by atoms with Gasteiger partial charge in [-0.1, -0.05) is 20.8 Å². The highest BCUT2D eigenvalue weighted by atomic mass is 16.5. The van der Waals surface area contributed by atoms with E-state index >= 15 is 0 Å². The molecule has 0 aromatic carbocycles. The van der Waals surface area contributed by atoms with Crippen LogP contribution in [0.3, 0.4) is 0 Å². The number of aliphatic hydroxyl groups is 1. The molecule has 1 saturated heterocycles. The third-order valence-electron chi connectivity index (χ3n) is 7.86. The lowest BCUT2D eigenvalue weighted by Gasteiger charge is -2.56. The number of amides is 2. The second kappa shape index (κ2) is 9.31. The summed E-state index contributed by atoms with van der Waals surface area (Å²) in [6, 6.07) is 0.0365. The molecule has 0 radical (unpaired) electrons. The third-order valence-corrected chi connectivity index (χ3v) is 7.86. The van der Waals surface area contributed by atoms with Crippen molar-refractivity contribution in [3.8, 4) is 0 Å². The van der Waals surface area contributed by atoms with Crippen molar-refractivity contribution in [3.63, 3.8) is 0 Å². The number of hydrogen-bond acceptors (Lipinski definition) is 5. The zero-order valence-electron chi connectivity index (χ0n) is 18.4. The molecule has 3 fully saturated rings. The van der Waals surface area contributed by atoms with Crippen molar-refractivity contribution in [2.45, 2.75) is 58.6 Å².